The summed E-state index contributed by atoms with van der Waals surface area (Å²) < 4.78 is 2.26. The Bertz CT molecular complexity index is 577. The number of aliphatic imine (C=N–C) groups is 1. The summed E-state index contributed by atoms with van der Waals surface area (Å²) in [5.74, 6) is 4.67. The highest BCUT2D eigenvalue weighted by Gasteiger charge is 2.23. The van der Waals surface area contributed by atoms with E-state index in [9.17, 15) is 0 Å². The van der Waals surface area contributed by atoms with Gasteiger partial charge in [0.1, 0.15) is 11.6 Å². The van der Waals surface area contributed by atoms with Crippen LogP contribution in [0.15, 0.2) is 4.99 Å². The SMILES string of the molecule is CCNC(=NCC1CCc2nnc(C)n2C1)NC1CCC(CC)CC1.I. The first kappa shape index (κ1) is 21.4. The largest absolute Gasteiger partial charge is 0.357 e. The van der Waals surface area contributed by atoms with E-state index in [2.05, 4.69) is 39.2 Å². The number of nitrogens with zero attached hydrogens (tertiary/aromatic N) is 4. The molecule has 0 saturated heterocycles. The number of halogens is 1. The topological polar surface area (TPSA) is 67.1 Å². The van der Waals surface area contributed by atoms with E-state index in [-0.39, 0.29) is 24.0 Å². The van der Waals surface area contributed by atoms with Crippen LogP contribution in [0.3, 0.4) is 0 Å². The second kappa shape index (κ2) is 10.5. The molecule has 1 aliphatic heterocycles. The summed E-state index contributed by atoms with van der Waals surface area (Å²) in [6.07, 6.45) is 8.75. The molecule has 7 heteroatoms. The van der Waals surface area contributed by atoms with E-state index in [1.54, 1.807) is 0 Å². The van der Waals surface area contributed by atoms with Crippen LogP contribution < -0.4 is 10.6 Å². The summed E-state index contributed by atoms with van der Waals surface area (Å²) in [7, 11) is 0. The molecule has 1 aliphatic carbocycles. The lowest BCUT2D eigenvalue weighted by Gasteiger charge is -2.30. The number of nitrogens with one attached hydrogen (secondary N) is 2. The summed E-state index contributed by atoms with van der Waals surface area (Å²) in [5, 5.41) is 15.6. The van der Waals surface area contributed by atoms with Crippen molar-refractivity contribution in [1.82, 2.24) is 25.4 Å². The number of hydrogen-bond acceptors (Lipinski definition) is 3. The summed E-state index contributed by atoms with van der Waals surface area (Å²) >= 11 is 0. The van der Waals surface area contributed by atoms with Gasteiger partial charge in [-0.2, -0.15) is 0 Å². The predicted molar refractivity (Wildman–Crippen MR) is 117 cm³/mol. The molecule has 2 N–H and O–H groups in total. The third-order valence-corrected chi connectivity index (χ3v) is 5.85. The van der Waals surface area contributed by atoms with Gasteiger partial charge in [-0.15, -0.1) is 34.2 Å². The predicted octanol–water partition coefficient (Wildman–Crippen LogP) is 3.29. The van der Waals surface area contributed by atoms with E-state index in [1.807, 2.05) is 6.92 Å². The number of rotatable bonds is 5. The Kier molecular flexibility index (Phi) is 8.63. The van der Waals surface area contributed by atoms with Crippen LogP contribution in [0.1, 0.15) is 64.0 Å². The molecule has 1 fully saturated rings. The molecular weight excluding hydrogens is 439 g/mol. The molecule has 0 spiro atoms. The second-order valence-electron chi connectivity index (χ2n) is 7.67. The standard InChI is InChI=1S/C19H34N6.HI/c1-4-15-6-9-17(10-7-15)22-19(20-5-2)21-12-16-8-11-18-24-23-14(3)25(18)13-16;/h15-17H,4-13H2,1-3H3,(H2,20,21,22);1H. The molecule has 0 bridgehead atoms. The molecule has 0 aromatic carbocycles. The van der Waals surface area contributed by atoms with Gasteiger partial charge in [0.05, 0.1) is 0 Å². The fourth-order valence-corrected chi connectivity index (χ4v) is 4.13. The number of fused-ring (bicyclic) bond motifs is 1. The first-order valence-electron chi connectivity index (χ1n) is 10.1. The van der Waals surface area contributed by atoms with Crippen molar-refractivity contribution in [2.24, 2.45) is 16.8 Å². The number of aryl methyl sites for hydroxylation is 2. The minimum Gasteiger partial charge on any atom is -0.357 e. The van der Waals surface area contributed by atoms with Crippen molar-refractivity contribution in [2.75, 3.05) is 13.1 Å². The lowest BCUT2D eigenvalue weighted by atomic mass is 9.84. The smallest absolute Gasteiger partial charge is 0.191 e. The number of guanidine groups is 1. The van der Waals surface area contributed by atoms with Crippen molar-refractivity contribution in [3.05, 3.63) is 11.6 Å². The second-order valence-corrected chi connectivity index (χ2v) is 7.67. The van der Waals surface area contributed by atoms with Crippen LogP contribution >= 0.6 is 24.0 Å². The lowest BCUT2D eigenvalue weighted by Crippen LogP contribution is -2.45. The average molecular weight is 474 g/mol. The molecule has 26 heavy (non-hydrogen) atoms. The summed E-state index contributed by atoms with van der Waals surface area (Å²) in [4.78, 5) is 4.90. The van der Waals surface area contributed by atoms with Crippen molar-refractivity contribution < 1.29 is 0 Å². The van der Waals surface area contributed by atoms with Crippen LogP contribution in [0.25, 0.3) is 0 Å². The highest BCUT2D eigenvalue weighted by atomic mass is 127. The van der Waals surface area contributed by atoms with Crippen molar-refractivity contribution in [3.63, 3.8) is 0 Å². The van der Waals surface area contributed by atoms with E-state index in [0.29, 0.717) is 12.0 Å². The monoisotopic (exact) mass is 474 g/mol. The van der Waals surface area contributed by atoms with Crippen molar-refractivity contribution in [3.8, 4) is 0 Å². The Morgan fingerprint density at radius 2 is 1.88 bits per heavy atom. The highest BCUT2D eigenvalue weighted by molar-refractivity contribution is 14.0. The average Bonchev–Trinajstić information content (AvgIpc) is 3.01. The molecule has 1 saturated carbocycles. The molecule has 2 heterocycles. The maximum Gasteiger partial charge on any atom is 0.191 e. The Morgan fingerprint density at radius 1 is 1.12 bits per heavy atom. The minimum atomic E-state index is 0. The fourth-order valence-electron chi connectivity index (χ4n) is 4.13. The van der Waals surface area contributed by atoms with Crippen molar-refractivity contribution in [1.29, 1.82) is 0 Å². The maximum atomic E-state index is 4.90. The van der Waals surface area contributed by atoms with E-state index in [1.165, 1.54) is 32.1 Å². The van der Waals surface area contributed by atoms with Gasteiger partial charge in [0.25, 0.3) is 0 Å². The zero-order chi connectivity index (χ0) is 17.6. The van der Waals surface area contributed by atoms with Gasteiger partial charge in [-0.05, 0) is 57.8 Å². The van der Waals surface area contributed by atoms with Crippen molar-refractivity contribution in [2.45, 2.75) is 78.3 Å². The maximum absolute atomic E-state index is 4.90. The van der Waals surface area contributed by atoms with Gasteiger partial charge in [-0.1, -0.05) is 13.3 Å². The quantitative estimate of drug-likeness (QED) is 0.391. The Balaban J connectivity index is 0.00000243. The van der Waals surface area contributed by atoms with Crippen LogP contribution in [-0.4, -0.2) is 39.9 Å². The normalized spacial score (nSPS) is 26.0. The van der Waals surface area contributed by atoms with Gasteiger partial charge in [0.15, 0.2) is 5.96 Å². The van der Waals surface area contributed by atoms with Crippen LogP contribution in [0.5, 0.6) is 0 Å². The van der Waals surface area contributed by atoms with Gasteiger partial charge in [0.2, 0.25) is 0 Å². The van der Waals surface area contributed by atoms with Crippen LogP contribution in [0.4, 0.5) is 0 Å². The molecule has 0 amide bonds. The molecule has 2 aliphatic rings. The van der Waals surface area contributed by atoms with Crippen LogP contribution in [0, 0.1) is 18.8 Å². The fraction of sp³-hybridized carbons (Fsp3) is 0.842. The first-order chi connectivity index (χ1) is 12.2. The lowest BCUT2D eigenvalue weighted by molar-refractivity contribution is 0.303. The van der Waals surface area contributed by atoms with Gasteiger partial charge in [-0.25, -0.2) is 0 Å². The molecule has 6 nitrogen and oxygen atoms in total. The van der Waals surface area contributed by atoms with Crippen molar-refractivity contribution >= 4 is 29.9 Å². The first-order valence-corrected chi connectivity index (χ1v) is 10.1. The van der Waals surface area contributed by atoms with E-state index in [4.69, 9.17) is 4.99 Å². The Hall–Kier alpha value is -0.860. The van der Waals surface area contributed by atoms with E-state index >= 15 is 0 Å². The minimum absolute atomic E-state index is 0. The molecule has 3 rings (SSSR count). The molecule has 1 aromatic rings. The molecule has 1 unspecified atom stereocenters. The van der Waals surface area contributed by atoms with Crippen LogP contribution in [0.2, 0.25) is 0 Å². The van der Waals surface area contributed by atoms with E-state index in [0.717, 1.165) is 56.0 Å². The molecule has 148 valence electrons. The summed E-state index contributed by atoms with van der Waals surface area (Å²) in [6, 6.07) is 0.582. The third kappa shape index (κ3) is 5.57. The zero-order valence-electron chi connectivity index (χ0n) is 16.5. The summed E-state index contributed by atoms with van der Waals surface area (Å²) in [5.41, 5.74) is 0. The van der Waals surface area contributed by atoms with Crippen LogP contribution in [-0.2, 0) is 13.0 Å². The Labute approximate surface area is 175 Å². The summed E-state index contributed by atoms with van der Waals surface area (Å²) in [6.45, 7) is 9.28. The zero-order valence-corrected chi connectivity index (χ0v) is 18.8. The third-order valence-electron chi connectivity index (χ3n) is 5.85. The van der Waals surface area contributed by atoms with E-state index < -0.39 is 0 Å². The van der Waals surface area contributed by atoms with Gasteiger partial charge < -0.3 is 15.2 Å². The molecule has 1 atom stereocenters. The molecule has 0 radical (unpaired) electrons. The number of hydrogen-bond donors (Lipinski definition) is 2. The van der Waals surface area contributed by atoms with Gasteiger partial charge in [0, 0.05) is 32.1 Å². The Morgan fingerprint density at radius 3 is 2.58 bits per heavy atom. The molecule has 1 aromatic heterocycles. The van der Waals surface area contributed by atoms with Gasteiger partial charge >= 0.3 is 0 Å². The molecular formula is C19H35IN6. The van der Waals surface area contributed by atoms with Gasteiger partial charge in [-0.3, -0.25) is 4.99 Å². The number of aromatic nitrogens is 3. The highest BCUT2D eigenvalue weighted by Crippen LogP contribution is 2.26.